The maximum Gasteiger partial charge on any atom is 0.226 e. The second-order valence-corrected chi connectivity index (χ2v) is 5.83. The quantitative estimate of drug-likeness (QED) is 0.849. The van der Waals surface area contributed by atoms with Crippen LogP contribution in [0, 0.1) is 11.3 Å². The van der Waals surface area contributed by atoms with Gasteiger partial charge in [-0.25, -0.2) is 9.97 Å². The van der Waals surface area contributed by atoms with Crippen molar-refractivity contribution in [1.29, 1.82) is 5.26 Å². The van der Waals surface area contributed by atoms with E-state index in [0.717, 1.165) is 32.0 Å². The van der Waals surface area contributed by atoms with Gasteiger partial charge in [0, 0.05) is 38.4 Å². The van der Waals surface area contributed by atoms with E-state index in [4.69, 9.17) is 10.00 Å². The van der Waals surface area contributed by atoms with E-state index in [0.29, 0.717) is 17.5 Å². The summed E-state index contributed by atoms with van der Waals surface area (Å²) in [4.78, 5) is 17.4. The van der Waals surface area contributed by atoms with Gasteiger partial charge < -0.3 is 14.5 Å². The third-order valence-electron chi connectivity index (χ3n) is 3.71. The minimum absolute atomic E-state index is 0.106. The molecule has 3 heterocycles. The average molecular weight is 324 g/mol. The highest BCUT2D eigenvalue weighted by molar-refractivity contribution is 5.44. The maximum absolute atomic E-state index is 8.95. The van der Waals surface area contributed by atoms with Crippen LogP contribution in [-0.4, -0.2) is 47.2 Å². The van der Waals surface area contributed by atoms with Gasteiger partial charge in [0.15, 0.2) is 0 Å². The summed E-state index contributed by atoms with van der Waals surface area (Å²) in [5.41, 5.74) is 0.391. The van der Waals surface area contributed by atoms with E-state index in [1.807, 2.05) is 32.0 Å². The van der Waals surface area contributed by atoms with Crippen LogP contribution in [0.15, 0.2) is 30.5 Å². The zero-order chi connectivity index (χ0) is 16.9. The van der Waals surface area contributed by atoms with Gasteiger partial charge in [-0.3, -0.25) is 0 Å². The Morgan fingerprint density at radius 3 is 2.54 bits per heavy atom. The highest BCUT2D eigenvalue weighted by Gasteiger charge is 2.20. The Morgan fingerprint density at radius 2 is 1.83 bits per heavy atom. The first-order chi connectivity index (χ1) is 11.7. The number of hydrogen-bond donors (Lipinski definition) is 0. The van der Waals surface area contributed by atoms with Crippen molar-refractivity contribution in [1.82, 2.24) is 15.0 Å². The topological polar surface area (TPSA) is 78.2 Å². The Labute approximate surface area is 141 Å². The average Bonchev–Trinajstić information content (AvgIpc) is 2.61. The number of piperazine rings is 1. The van der Waals surface area contributed by atoms with Crippen molar-refractivity contribution >= 4 is 11.8 Å². The van der Waals surface area contributed by atoms with Crippen molar-refractivity contribution in [2.75, 3.05) is 36.0 Å². The van der Waals surface area contributed by atoms with Gasteiger partial charge in [-0.2, -0.15) is 10.2 Å². The van der Waals surface area contributed by atoms with E-state index < -0.39 is 0 Å². The Bertz CT molecular complexity index is 734. The molecular weight excluding hydrogens is 304 g/mol. The molecule has 2 aromatic rings. The monoisotopic (exact) mass is 324 g/mol. The third-order valence-corrected chi connectivity index (χ3v) is 3.71. The van der Waals surface area contributed by atoms with Gasteiger partial charge in [-0.15, -0.1) is 0 Å². The van der Waals surface area contributed by atoms with Crippen molar-refractivity contribution in [3.63, 3.8) is 0 Å². The molecule has 3 rings (SSSR count). The van der Waals surface area contributed by atoms with Crippen LogP contribution >= 0.6 is 0 Å². The van der Waals surface area contributed by atoms with E-state index >= 15 is 0 Å². The SMILES string of the molecule is CC(C)Oc1cccc(N2CCN(c3nccc(C#N)n3)CC2)n1. The molecule has 0 aliphatic carbocycles. The molecule has 0 unspecified atom stereocenters. The molecule has 0 saturated carbocycles. The van der Waals surface area contributed by atoms with Crippen LogP contribution < -0.4 is 14.5 Å². The zero-order valence-corrected chi connectivity index (χ0v) is 13.9. The molecule has 1 fully saturated rings. The number of ether oxygens (including phenoxy) is 1. The molecule has 124 valence electrons. The lowest BCUT2D eigenvalue weighted by Crippen LogP contribution is -2.47. The lowest BCUT2D eigenvalue weighted by molar-refractivity contribution is 0.233. The van der Waals surface area contributed by atoms with Crippen LogP contribution in [0.4, 0.5) is 11.8 Å². The second kappa shape index (κ2) is 7.13. The standard InChI is InChI=1S/C17H20N6O/c1-13(2)24-16-5-3-4-15(21-16)22-8-10-23(11-9-22)17-19-7-6-14(12-18)20-17/h3-7,13H,8-11H2,1-2H3. The molecule has 0 radical (unpaired) electrons. The van der Waals surface area contributed by atoms with Crippen molar-refractivity contribution in [2.24, 2.45) is 0 Å². The van der Waals surface area contributed by atoms with Gasteiger partial charge in [0.1, 0.15) is 17.6 Å². The second-order valence-electron chi connectivity index (χ2n) is 5.83. The van der Waals surface area contributed by atoms with E-state index in [-0.39, 0.29) is 6.10 Å². The summed E-state index contributed by atoms with van der Waals surface area (Å²) in [5.74, 6) is 2.17. The molecule has 0 amide bonds. The Morgan fingerprint density at radius 1 is 1.08 bits per heavy atom. The Kier molecular flexibility index (Phi) is 4.75. The lowest BCUT2D eigenvalue weighted by atomic mass is 10.3. The molecule has 0 bridgehead atoms. The van der Waals surface area contributed by atoms with Crippen molar-refractivity contribution < 1.29 is 4.74 Å². The molecule has 7 nitrogen and oxygen atoms in total. The normalized spacial score (nSPS) is 14.6. The van der Waals surface area contributed by atoms with Gasteiger partial charge in [0.05, 0.1) is 6.10 Å². The number of anilines is 2. The molecule has 24 heavy (non-hydrogen) atoms. The number of pyridine rings is 1. The van der Waals surface area contributed by atoms with E-state index in [2.05, 4.69) is 30.8 Å². The Hall–Kier alpha value is -2.88. The van der Waals surface area contributed by atoms with Crippen LogP contribution in [0.3, 0.4) is 0 Å². The fourth-order valence-electron chi connectivity index (χ4n) is 2.59. The number of nitrogens with zero attached hydrogens (tertiary/aromatic N) is 6. The lowest BCUT2D eigenvalue weighted by Gasteiger charge is -2.35. The summed E-state index contributed by atoms with van der Waals surface area (Å²) in [6.07, 6.45) is 1.73. The van der Waals surface area contributed by atoms with Crippen LogP contribution in [0.25, 0.3) is 0 Å². The molecule has 1 saturated heterocycles. The van der Waals surface area contributed by atoms with Crippen LogP contribution in [0.5, 0.6) is 5.88 Å². The van der Waals surface area contributed by atoms with Crippen LogP contribution in [-0.2, 0) is 0 Å². The van der Waals surface area contributed by atoms with Gasteiger partial charge in [0.25, 0.3) is 0 Å². The molecule has 7 heteroatoms. The number of aromatic nitrogens is 3. The fourth-order valence-corrected chi connectivity index (χ4v) is 2.59. The Balaban J connectivity index is 1.65. The fraction of sp³-hybridized carbons (Fsp3) is 0.412. The zero-order valence-electron chi connectivity index (χ0n) is 13.9. The summed E-state index contributed by atoms with van der Waals surface area (Å²) in [6, 6.07) is 9.50. The van der Waals surface area contributed by atoms with E-state index in [9.17, 15) is 0 Å². The maximum atomic E-state index is 8.95. The largest absolute Gasteiger partial charge is 0.475 e. The number of hydrogen-bond acceptors (Lipinski definition) is 7. The first kappa shape index (κ1) is 16.0. The molecule has 0 atom stereocenters. The molecule has 1 aliphatic heterocycles. The number of rotatable bonds is 4. The van der Waals surface area contributed by atoms with Crippen LogP contribution in [0.1, 0.15) is 19.5 Å². The van der Waals surface area contributed by atoms with Crippen molar-refractivity contribution in [3.05, 3.63) is 36.2 Å². The highest BCUT2D eigenvalue weighted by atomic mass is 16.5. The molecule has 0 spiro atoms. The van der Waals surface area contributed by atoms with Gasteiger partial charge in [-0.1, -0.05) is 6.07 Å². The first-order valence-electron chi connectivity index (χ1n) is 8.02. The van der Waals surface area contributed by atoms with Crippen molar-refractivity contribution in [3.8, 4) is 11.9 Å². The predicted molar refractivity (Wildman–Crippen MR) is 91.2 cm³/mol. The van der Waals surface area contributed by atoms with Gasteiger partial charge >= 0.3 is 0 Å². The third kappa shape index (κ3) is 3.71. The minimum Gasteiger partial charge on any atom is -0.475 e. The van der Waals surface area contributed by atoms with Crippen molar-refractivity contribution in [2.45, 2.75) is 20.0 Å². The first-order valence-corrected chi connectivity index (χ1v) is 8.02. The molecule has 1 aliphatic rings. The summed E-state index contributed by atoms with van der Waals surface area (Å²) >= 11 is 0. The summed E-state index contributed by atoms with van der Waals surface area (Å²) in [7, 11) is 0. The predicted octanol–water partition coefficient (Wildman–Crippen LogP) is 1.86. The minimum atomic E-state index is 0.106. The molecule has 0 N–H and O–H groups in total. The summed E-state index contributed by atoms with van der Waals surface area (Å²) < 4.78 is 5.66. The molecule has 0 aromatic carbocycles. The van der Waals surface area contributed by atoms with E-state index in [1.165, 1.54) is 0 Å². The van der Waals surface area contributed by atoms with Gasteiger partial charge in [-0.05, 0) is 26.0 Å². The van der Waals surface area contributed by atoms with E-state index in [1.54, 1.807) is 12.3 Å². The number of nitriles is 1. The smallest absolute Gasteiger partial charge is 0.226 e. The highest BCUT2D eigenvalue weighted by Crippen LogP contribution is 2.19. The van der Waals surface area contributed by atoms with Crippen LogP contribution in [0.2, 0.25) is 0 Å². The summed E-state index contributed by atoms with van der Waals surface area (Å²) in [5, 5.41) is 8.95. The van der Waals surface area contributed by atoms with Gasteiger partial charge in [0.2, 0.25) is 11.8 Å². The molecular formula is C17H20N6O. The molecule has 2 aromatic heterocycles. The summed E-state index contributed by atoms with van der Waals surface area (Å²) in [6.45, 7) is 7.18.